The van der Waals surface area contributed by atoms with E-state index in [0.717, 1.165) is 11.3 Å². The predicted octanol–water partition coefficient (Wildman–Crippen LogP) is 2.71. The minimum absolute atomic E-state index is 0.579. The molecule has 0 aliphatic rings. The standard InChI is InChI=1S/C13H20O3/c1-5-15-11-8-7-10(13(3,4)14)9-12(11)16-6-2/h7-9,14H,5-6H2,1-4H3. The number of rotatable bonds is 5. The maximum absolute atomic E-state index is 9.91. The summed E-state index contributed by atoms with van der Waals surface area (Å²) < 4.78 is 10.9. The van der Waals surface area contributed by atoms with Gasteiger partial charge in [-0.05, 0) is 45.4 Å². The quantitative estimate of drug-likeness (QED) is 0.835. The minimum Gasteiger partial charge on any atom is -0.490 e. The lowest BCUT2D eigenvalue weighted by atomic mass is 9.98. The zero-order valence-electron chi connectivity index (χ0n) is 10.4. The van der Waals surface area contributed by atoms with Crippen LogP contribution in [0.4, 0.5) is 0 Å². The van der Waals surface area contributed by atoms with Crippen molar-refractivity contribution in [3.05, 3.63) is 23.8 Å². The van der Waals surface area contributed by atoms with Crippen LogP contribution in [0.2, 0.25) is 0 Å². The van der Waals surface area contributed by atoms with Crippen molar-refractivity contribution in [1.82, 2.24) is 0 Å². The molecule has 3 nitrogen and oxygen atoms in total. The Hall–Kier alpha value is -1.22. The maximum Gasteiger partial charge on any atom is 0.161 e. The number of hydrogen-bond acceptors (Lipinski definition) is 3. The number of ether oxygens (including phenoxy) is 2. The maximum atomic E-state index is 9.91. The van der Waals surface area contributed by atoms with Gasteiger partial charge in [-0.15, -0.1) is 0 Å². The third kappa shape index (κ3) is 3.14. The van der Waals surface area contributed by atoms with Crippen molar-refractivity contribution in [2.24, 2.45) is 0 Å². The van der Waals surface area contributed by atoms with Crippen molar-refractivity contribution in [1.29, 1.82) is 0 Å². The summed E-state index contributed by atoms with van der Waals surface area (Å²) in [4.78, 5) is 0. The van der Waals surface area contributed by atoms with Crippen LogP contribution in [0.25, 0.3) is 0 Å². The van der Waals surface area contributed by atoms with E-state index >= 15 is 0 Å². The molecule has 0 saturated heterocycles. The Morgan fingerprint density at radius 3 is 2.12 bits per heavy atom. The monoisotopic (exact) mass is 224 g/mol. The molecule has 0 radical (unpaired) electrons. The zero-order valence-corrected chi connectivity index (χ0v) is 10.4. The molecular formula is C13H20O3. The molecule has 1 aromatic carbocycles. The molecule has 1 aromatic rings. The third-order valence-electron chi connectivity index (χ3n) is 2.25. The normalized spacial score (nSPS) is 11.3. The van der Waals surface area contributed by atoms with Gasteiger partial charge in [0.05, 0.1) is 18.8 Å². The molecule has 0 bridgehead atoms. The summed E-state index contributed by atoms with van der Waals surface area (Å²) >= 11 is 0. The van der Waals surface area contributed by atoms with Crippen molar-refractivity contribution in [3.8, 4) is 11.5 Å². The number of hydrogen-bond donors (Lipinski definition) is 1. The molecule has 0 fully saturated rings. The average Bonchev–Trinajstić information content (AvgIpc) is 2.19. The van der Waals surface area contributed by atoms with Crippen molar-refractivity contribution in [3.63, 3.8) is 0 Å². The largest absolute Gasteiger partial charge is 0.490 e. The summed E-state index contributed by atoms with van der Waals surface area (Å²) in [7, 11) is 0. The topological polar surface area (TPSA) is 38.7 Å². The molecule has 16 heavy (non-hydrogen) atoms. The number of benzene rings is 1. The fraction of sp³-hybridized carbons (Fsp3) is 0.538. The summed E-state index contributed by atoms with van der Waals surface area (Å²) in [6, 6.07) is 5.52. The summed E-state index contributed by atoms with van der Waals surface area (Å²) in [6.07, 6.45) is 0. The van der Waals surface area contributed by atoms with Gasteiger partial charge in [0, 0.05) is 0 Å². The van der Waals surface area contributed by atoms with Gasteiger partial charge in [0.2, 0.25) is 0 Å². The van der Waals surface area contributed by atoms with Crippen LogP contribution in [-0.2, 0) is 5.60 Å². The van der Waals surface area contributed by atoms with Crippen molar-refractivity contribution in [2.45, 2.75) is 33.3 Å². The second kappa shape index (κ2) is 5.21. The van der Waals surface area contributed by atoms with Gasteiger partial charge >= 0.3 is 0 Å². The van der Waals surface area contributed by atoms with Crippen LogP contribution in [-0.4, -0.2) is 18.3 Å². The second-order valence-electron chi connectivity index (χ2n) is 4.09. The lowest BCUT2D eigenvalue weighted by Gasteiger charge is -2.20. The molecule has 0 aromatic heterocycles. The van der Waals surface area contributed by atoms with E-state index in [4.69, 9.17) is 9.47 Å². The van der Waals surface area contributed by atoms with Gasteiger partial charge in [-0.3, -0.25) is 0 Å². The van der Waals surface area contributed by atoms with E-state index in [0.29, 0.717) is 19.0 Å². The smallest absolute Gasteiger partial charge is 0.161 e. The Balaban J connectivity index is 3.06. The molecule has 0 spiro atoms. The Kier molecular flexibility index (Phi) is 4.19. The van der Waals surface area contributed by atoms with Crippen molar-refractivity contribution < 1.29 is 14.6 Å². The minimum atomic E-state index is -0.864. The molecule has 0 saturated carbocycles. The first-order chi connectivity index (χ1) is 7.49. The lowest BCUT2D eigenvalue weighted by Crippen LogP contribution is -2.15. The first kappa shape index (κ1) is 12.8. The van der Waals surface area contributed by atoms with Gasteiger partial charge in [0.1, 0.15) is 0 Å². The molecule has 0 atom stereocenters. The molecule has 1 N–H and O–H groups in total. The number of aliphatic hydroxyl groups is 1. The van der Waals surface area contributed by atoms with E-state index in [2.05, 4.69) is 0 Å². The molecule has 0 aliphatic heterocycles. The molecular weight excluding hydrogens is 204 g/mol. The van der Waals surface area contributed by atoms with Gasteiger partial charge in [0.25, 0.3) is 0 Å². The van der Waals surface area contributed by atoms with Crippen LogP contribution in [0.5, 0.6) is 11.5 Å². The average molecular weight is 224 g/mol. The van der Waals surface area contributed by atoms with Crippen LogP contribution >= 0.6 is 0 Å². The Bertz CT molecular complexity index is 340. The van der Waals surface area contributed by atoms with Crippen LogP contribution in [0.15, 0.2) is 18.2 Å². The van der Waals surface area contributed by atoms with Gasteiger partial charge in [-0.1, -0.05) is 6.07 Å². The molecule has 0 amide bonds. The summed E-state index contributed by atoms with van der Waals surface area (Å²) in [5.41, 5.74) is -0.0456. The predicted molar refractivity (Wildman–Crippen MR) is 64.0 cm³/mol. The Labute approximate surface area is 97.0 Å². The Morgan fingerprint density at radius 2 is 1.62 bits per heavy atom. The van der Waals surface area contributed by atoms with Crippen LogP contribution < -0.4 is 9.47 Å². The van der Waals surface area contributed by atoms with Crippen LogP contribution in [0.1, 0.15) is 33.3 Å². The van der Waals surface area contributed by atoms with E-state index in [9.17, 15) is 5.11 Å². The van der Waals surface area contributed by atoms with Crippen LogP contribution in [0, 0.1) is 0 Å². The highest BCUT2D eigenvalue weighted by molar-refractivity contribution is 5.44. The highest BCUT2D eigenvalue weighted by Crippen LogP contribution is 2.32. The van der Waals surface area contributed by atoms with Gasteiger partial charge in [-0.2, -0.15) is 0 Å². The SMILES string of the molecule is CCOc1ccc(C(C)(C)O)cc1OCC. The molecule has 3 heteroatoms. The zero-order chi connectivity index (χ0) is 12.2. The van der Waals surface area contributed by atoms with Crippen molar-refractivity contribution in [2.75, 3.05) is 13.2 Å². The second-order valence-corrected chi connectivity index (χ2v) is 4.09. The summed E-state index contributed by atoms with van der Waals surface area (Å²) in [6.45, 7) is 8.53. The first-order valence-corrected chi connectivity index (χ1v) is 5.61. The van der Waals surface area contributed by atoms with E-state index in [1.54, 1.807) is 13.8 Å². The van der Waals surface area contributed by atoms with Crippen LogP contribution in [0.3, 0.4) is 0 Å². The summed E-state index contributed by atoms with van der Waals surface area (Å²) in [5, 5.41) is 9.91. The molecule has 0 heterocycles. The molecule has 0 unspecified atom stereocenters. The fourth-order valence-corrected chi connectivity index (χ4v) is 1.43. The molecule has 0 aliphatic carbocycles. The van der Waals surface area contributed by atoms with Gasteiger partial charge in [0.15, 0.2) is 11.5 Å². The third-order valence-corrected chi connectivity index (χ3v) is 2.25. The summed E-state index contributed by atoms with van der Waals surface area (Å²) in [5.74, 6) is 1.40. The van der Waals surface area contributed by atoms with E-state index in [1.807, 2.05) is 32.0 Å². The highest BCUT2D eigenvalue weighted by atomic mass is 16.5. The molecule has 1 rings (SSSR count). The van der Waals surface area contributed by atoms with E-state index < -0.39 is 5.60 Å². The lowest BCUT2D eigenvalue weighted by molar-refractivity contribution is 0.0781. The van der Waals surface area contributed by atoms with Gasteiger partial charge in [-0.25, -0.2) is 0 Å². The Morgan fingerprint density at radius 1 is 1.06 bits per heavy atom. The highest BCUT2D eigenvalue weighted by Gasteiger charge is 2.18. The van der Waals surface area contributed by atoms with E-state index in [-0.39, 0.29) is 0 Å². The first-order valence-electron chi connectivity index (χ1n) is 5.61. The molecule has 90 valence electrons. The van der Waals surface area contributed by atoms with E-state index in [1.165, 1.54) is 0 Å². The van der Waals surface area contributed by atoms with Gasteiger partial charge < -0.3 is 14.6 Å². The fourth-order valence-electron chi connectivity index (χ4n) is 1.43. The van der Waals surface area contributed by atoms with Crippen molar-refractivity contribution >= 4 is 0 Å².